The maximum atomic E-state index is 12.5. The number of carbonyl (C=O) groups is 1. The van der Waals surface area contributed by atoms with E-state index < -0.39 is 0 Å². The molecule has 144 valence electrons. The van der Waals surface area contributed by atoms with Crippen LogP contribution in [-0.2, 0) is 11.3 Å². The maximum Gasteiger partial charge on any atom is 0.270 e. The number of carbonyl (C=O) groups excluding carboxylic acids is 1. The van der Waals surface area contributed by atoms with E-state index in [1.165, 1.54) is 0 Å². The van der Waals surface area contributed by atoms with Crippen molar-refractivity contribution in [3.8, 4) is 5.75 Å². The third-order valence-electron chi connectivity index (χ3n) is 4.58. The zero-order valence-corrected chi connectivity index (χ0v) is 16.0. The second-order valence-corrected chi connectivity index (χ2v) is 6.62. The number of aryl methyl sites for hydroxylation is 1. The molecule has 0 atom stereocenters. The smallest absolute Gasteiger partial charge is 0.270 e. The second kappa shape index (κ2) is 9.37. The van der Waals surface area contributed by atoms with Gasteiger partial charge in [-0.3, -0.25) is 9.78 Å². The van der Waals surface area contributed by atoms with E-state index in [1.54, 1.807) is 6.20 Å². The van der Waals surface area contributed by atoms with Gasteiger partial charge in [-0.2, -0.15) is 0 Å². The molecule has 0 unspecified atom stereocenters. The van der Waals surface area contributed by atoms with Gasteiger partial charge in [0.1, 0.15) is 11.4 Å². The zero-order valence-electron chi connectivity index (χ0n) is 16.0. The molecule has 1 aliphatic heterocycles. The first kappa shape index (κ1) is 19.2. The summed E-state index contributed by atoms with van der Waals surface area (Å²) in [4.78, 5) is 19.0. The highest BCUT2D eigenvalue weighted by molar-refractivity contribution is 5.93. The van der Waals surface area contributed by atoms with Gasteiger partial charge in [0.2, 0.25) is 0 Å². The Kier molecular flexibility index (Phi) is 6.65. The van der Waals surface area contributed by atoms with Crippen LogP contribution in [0.15, 0.2) is 36.5 Å². The number of amides is 1. The van der Waals surface area contributed by atoms with Gasteiger partial charge in [-0.15, -0.1) is 0 Å². The Morgan fingerprint density at radius 2 is 2.07 bits per heavy atom. The Bertz CT molecular complexity index is 773. The van der Waals surface area contributed by atoms with Crippen molar-refractivity contribution in [3.63, 3.8) is 0 Å². The van der Waals surface area contributed by atoms with Crippen molar-refractivity contribution >= 4 is 11.6 Å². The number of morpholine rings is 1. The number of hydrogen-bond donors (Lipinski definition) is 1. The van der Waals surface area contributed by atoms with Crippen molar-refractivity contribution in [1.82, 2.24) is 10.3 Å². The molecule has 6 heteroatoms. The number of hydrogen-bond acceptors (Lipinski definition) is 5. The standard InChI is InChI=1S/C21H27N3O3/c1-3-10-27-19-5-4-17(16(2)13-19)15-23-21(25)20-14-18(6-7-22-20)24-8-11-26-12-9-24/h4-7,13-14H,3,8-12,15H2,1-2H3,(H,23,25). The molecule has 1 N–H and O–H groups in total. The zero-order chi connectivity index (χ0) is 19.1. The van der Waals surface area contributed by atoms with Crippen LogP contribution in [0.4, 0.5) is 5.69 Å². The lowest BCUT2D eigenvalue weighted by molar-refractivity contribution is 0.0946. The molecule has 1 amide bonds. The lowest BCUT2D eigenvalue weighted by Crippen LogP contribution is -2.36. The SMILES string of the molecule is CCCOc1ccc(CNC(=O)c2cc(N3CCOCC3)ccn2)c(C)c1. The molecule has 3 rings (SSSR count). The van der Waals surface area contributed by atoms with Gasteiger partial charge in [-0.25, -0.2) is 0 Å². The molecule has 1 saturated heterocycles. The van der Waals surface area contributed by atoms with Crippen molar-refractivity contribution in [2.24, 2.45) is 0 Å². The molecule has 0 saturated carbocycles. The highest BCUT2D eigenvalue weighted by Gasteiger charge is 2.14. The molecule has 1 aliphatic rings. The molecule has 0 spiro atoms. The summed E-state index contributed by atoms with van der Waals surface area (Å²) in [6.07, 6.45) is 2.66. The number of rotatable bonds is 7. The Hall–Kier alpha value is -2.60. The highest BCUT2D eigenvalue weighted by atomic mass is 16.5. The summed E-state index contributed by atoms with van der Waals surface area (Å²) >= 11 is 0. The van der Waals surface area contributed by atoms with E-state index in [0.717, 1.165) is 42.1 Å². The van der Waals surface area contributed by atoms with E-state index in [2.05, 4.69) is 22.1 Å². The summed E-state index contributed by atoms with van der Waals surface area (Å²) in [7, 11) is 0. The van der Waals surface area contributed by atoms with Crippen molar-refractivity contribution < 1.29 is 14.3 Å². The van der Waals surface area contributed by atoms with Crippen LogP contribution in [0.5, 0.6) is 5.75 Å². The monoisotopic (exact) mass is 369 g/mol. The lowest BCUT2D eigenvalue weighted by atomic mass is 10.1. The molecule has 1 fully saturated rings. The van der Waals surface area contributed by atoms with Crippen LogP contribution in [0.2, 0.25) is 0 Å². The summed E-state index contributed by atoms with van der Waals surface area (Å²) < 4.78 is 11.0. The molecule has 6 nitrogen and oxygen atoms in total. The molecule has 1 aromatic carbocycles. The van der Waals surface area contributed by atoms with Crippen LogP contribution in [0.1, 0.15) is 35.0 Å². The minimum Gasteiger partial charge on any atom is -0.494 e. The summed E-state index contributed by atoms with van der Waals surface area (Å²) in [6.45, 7) is 8.36. The predicted octanol–water partition coefficient (Wildman–Crippen LogP) is 2.95. The van der Waals surface area contributed by atoms with Gasteiger partial charge in [0, 0.05) is 31.5 Å². The van der Waals surface area contributed by atoms with Gasteiger partial charge in [0.25, 0.3) is 5.91 Å². The van der Waals surface area contributed by atoms with Gasteiger partial charge in [-0.05, 0) is 48.7 Å². The Balaban J connectivity index is 1.60. The Morgan fingerprint density at radius 1 is 1.26 bits per heavy atom. The van der Waals surface area contributed by atoms with Crippen LogP contribution < -0.4 is 15.0 Å². The predicted molar refractivity (Wildman–Crippen MR) is 105 cm³/mol. The van der Waals surface area contributed by atoms with Crippen LogP contribution >= 0.6 is 0 Å². The summed E-state index contributed by atoms with van der Waals surface area (Å²) in [6, 6.07) is 9.73. The molecular weight excluding hydrogens is 342 g/mol. The molecule has 27 heavy (non-hydrogen) atoms. The van der Waals surface area contributed by atoms with E-state index in [-0.39, 0.29) is 5.91 Å². The fourth-order valence-electron chi connectivity index (χ4n) is 3.00. The number of nitrogens with zero attached hydrogens (tertiary/aromatic N) is 2. The average molecular weight is 369 g/mol. The number of pyridine rings is 1. The number of benzene rings is 1. The van der Waals surface area contributed by atoms with E-state index in [1.807, 2.05) is 37.3 Å². The molecule has 2 aromatic rings. The first-order chi connectivity index (χ1) is 13.2. The molecule has 2 heterocycles. The lowest BCUT2D eigenvalue weighted by Gasteiger charge is -2.28. The fraction of sp³-hybridized carbons (Fsp3) is 0.429. The Morgan fingerprint density at radius 3 is 2.81 bits per heavy atom. The largest absolute Gasteiger partial charge is 0.494 e. The fourth-order valence-corrected chi connectivity index (χ4v) is 3.00. The van der Waals surface area contributed by atoms with E-state index in [9.17, 15) is 4.79 Å². The van der Waals surface area contributed by atoms with E-state index >= 15 is 0 Å². The van der Waals surface area contributed by atoms with Crippen LogP contribution in [0, 0.1) is 6.92 Å². The molecule has 0 bridgehead atoms. The first-order valence-corrected chi connectivity index (χ1v) is 9.46. The minimum atomic E-state index is -0.171. The number of nitrogens with one attached hydrogen (secondary N) is 1. The van der Waals surface area contributed by atoms with Gasteiger partial charge in [0.05, 0.1) is 19.8 Å². The maximum absolute atomic E-state index is 12.5. The molecular formula is C21H27N3O3. The molecule has 0 radical (unpaired) electrons. The van der Waals surface area contributed by atoms with Crippen molar-refractivity contribution in [2.45, 2.75) is 26.8 Å². The van der Waals surface area contributed by atoms with E-state index in [0.29, 0.717) is 32.1 Å². The number of anilines is 1. The average Bonchev–Trinajstić information content (AvgIpc) is 2.72. The minimum absolute atomic E-state index is 0.171. The second-order valence-electron chi connectivity index (χ2n) is 6.62. The van der Waals surface area contributed by atoms with Crippen molar-refractivity contribution in [3.05, 3.63) is 53.3 Å². The van der Waals surface area contributed by atoms with Gasteiger partial charge >= 0.3 is 0 Å². The van der Waals surface area contributed by atoms with Crippen LogP contribution in [0.25, 0.3) is 0 Å². The van der Waals surface area contributed by atoms with Crippen molar-refractivity contribution in [1.29, 1.82) is 0 Å². The van der Waals surface area contributed by atoms with Crippen molar-refractivity contribution in [2.75, 3.05) is 37.8 Å². The summed E-state index contributed by atoms with van der Waals surface area (Å²) in [5.74, 6) is 0.695. The Labute approximate surface area is 160 Å². The number of ether oxygens (including phenoxy) is 2. The normalized spacial score (nSPS) is 14.1. The van der Waals surface area contributed by atoms with Crippen LogP contribution in [0.3, 0.4) is 0 Å². The van der Waals surface area contributed by atoms with E-state index in [4.69, 9.17) is 9.47 Å². The quantitative estimate of drug-likeness (QED) is 0.813. The topological polar surface area (TPSA) is 63.7 Å². The van der Waals surface area contributed by atoms with Gasteiger partial charge in [-0.1, -0.05) is 13.0 Å². The first-order valence-electron chi connectivity index (χ1n) is 9.46. The third kappa shape index (κ3) is 5.20. The van der Waals surface area contributed by atoms with Gasteiger partial charge < -0.3 is 19.7 Å². The molecule has 0 aliphatic carbocycles. The van der Waals surface area contributed by atoms with Gasteiger partial charge in [0.15, 0.2) is 0 Å². The molecule has 1 aromatic heterocycles. The number of aromatic nitrogens is 1. The summed E-state index contributed by atoms with van der Waals surface area (Å²) in [5.41, 5.74) is 3.60. The third-order valence-corrected chi connectivity index (χ3v) is 4.58. The van der Waals surface area contributed by atoms with Crippen LogP contribution in [-0.4, -0.2) is 43.8 Å². The summed E-state index contributed by atoms with van der Waals surface area (Å²) in [5, 5.41) is 2.96. The highest BCUT2D eigenvalue weighted by Crippen LogP contribution is 2.18.